The van der Waals surface area contributed by atoms with Crippen molar-refractivity contribution in [1.29, 1.82) is 0 Å². The Labute approximate surface area is 482 Å². The van der Waals surface area contributed by atoms with Crippen LogP contribution in [0, 0.1) is 103 Å². The van der Waals surface area contributed by atoms with Crippen LogP contribution in [0.1, 0.15) is 207 Å². The molecule has 12 atom stereocenters. The average Bonchev–Trinajstić information content (AvgIpc) is 4.18. The molecule has 16 nitrogen and oxygen atoms in total. The van der Waals surface area contributed by atoms with E-state index in [2.05, 4.69) is 88.4 Å². The molecule has 0 unspecified atom stereocenters. The molecule has 458 valence electrons. The topological polar surface area (TPSA) is 258 Å². The predicted molar refractivity (Wildman–Crippen MR) is 314 cm³/mol. The van der Waals surface area contributed by atoms with Gasteiger partial charge in [0.05, 0.1) is 39.1 Å². The number of nitrogens with one attached hydrogen (secondary N) is 1. The van der Waals surface area contributed by atoms with Crippen molar-refractivity contribution in [3.05, 3.63) is 21.8 Å². The number of carboxylic acid groups (broad SMARTS) is 1. The molecule has 1 aliphatic heterocycles. The number of carbonyl (C=O) groups is 6. The van der Waals surface area contributed by atoms with Gasteiger partial charge in [0.1, 0.15) is 5.78 Å². The summed E-state index contributed by atoms with van der Waals surface area (Å²) in [6.07, 6.45) is 15.1. The first kappa shape index (κ1) is 73.4. The molecule has 1 amide bonds. The van der Waals surface area contributed by atoms with Gasteiger partial charge < -0.3 is 36.1 Å². The van der Waals surface area contributed by atoms with Crippen molar-refractivity contribution in [2.24, 2.45) is 104 Å². The highest BCUT2D eigenvalue weighted by Gasteiger charge is 2.48. The minimum atomic E-state index is -0.716. The Kier molecular flexibility index (Phi) is 31.7. The number of allylic oxidation sites excluding steroid dienone is 1. The van der Waals surface area contributed by atoms with Crippen molar-refractivity contribution in [3.8, 4) is 0 Å². The SMILES string of the molecule is CCOC(=O)C=C1C[C@H](C)[C@@H](C)C1.CCOC(=O)CC1(CN)C[C@H](C)[C@@H](C)C1.CCOC(=O)CC1(C[N+](=O)[O-])C[C@H](C)[C@@H](C)C1.C[C@H]1CC(=O)C[C@@H]1C.C[C@H]1CC(CN)(CC(=O)O)C[C@@H]1C.C[C@H]1CC2(CNC(=O)C2)C[C@@H]1C.Cl. The molecule has 0 radical (unpaired) electrons. The minimum absolute atomic E-state index is 0. The molecule has 79 heavy (non-hydrogen) atoms. The lowest BCUT2D eigenvalue weighted by Crippen LogP contribution is -2.31. The van der Waals surface area contributed by atoms with Gasteiger partial charge in [-0.15, -0.1) is 12.4 Å². The van der Waals surface area contributed by atoms with E-state index in [9.17, 15) is 38.9 Å². The van der Waals surface area contributed by atoms with Crippen molar-refractivity contribution in [2.75, 3.05) is 46.0 Å². The van der Waals surface area contributed by atoms with Crippen LogP contribution in [0.2, 0.25) is 0 Å². The van der Waals surface area contributed by atoms with E-state index in [-0.39, 0.29) is 71.4 Å². The van der Waals surface area contributed by atoms with E-state index in [4.69, 9.17) is 30.8 Å². The summed E-state index contributed by atoms with van der Waals surface area (Å²) in [5.41, 5.74) is 12.5. The lowest BCUT2D eigenvalue weighted by molar-refractivity contribution is -0.497. The second-order valence-corrected chi connectivity index (χ2v) is 26.7. The zero-order valence-electron chi connectivity index (χ0n) is 51.7. The van der Waals surface area contributed by atoms with Crippen LogP contribution in [0.5, 0.6) is 0 Å². The van der Waals surface area contributed by atoms with Crippen LogP contribution in [-0.2, 0) is 43.0 Å². The Morgan fingerprint density at radius 1 is 0.570 bits per heavy atom. The summed E-state index contributed by atoms with van der Waals surface area (Å²) >= 11 is 0. The van der Waals surface area contributed by atoms with E-state index < -0.39 is 11.4 Å². The number of hydrogen-bond donors (Lipinski definition) is 4. The highest BCUT2D eigenvalue weighted by Crippen LogP contribution is 2.51. The summed E-state index contributed by atoms with van der Waals surface area (Å²) in [6, 6.07) is 0. The molecule has 0 aromatic heterocycles. The molecular formula is C62H111ClN4O12. The molecule has 1 spiro atoms. The molecule has 1 heterocycles. The number of halogens is 1. The molecule has 0 bridgehead atoms. The lowest BCUT2D eigenvalue weighted by Gasteiger charge is -2.26. The summed E-state index contributed by atoms with van der Waals surface area (Å²) < 4.78 is 14.8. The fraction of sp³-hybridized carbons (Fsp3) is 0.871. The van der Waals surface area contributed by atoms with E-state index in [1.165, 1.54) is 18.4 Å². The maximum Gasteiger partial charge on any atom is 0.330 e. The largest absolute Gasteiger partial charge is 0.481 e. The van der Waals surface area contributed by atoms with Gasteiger partial charge in [0.25, 0.3) is 0 Å². The Balaban J connectivity index is 0.000000478. The molecule has 6 saturated carbocycles. The van der Waals surface area contributed by atoms with Gasteiger partial charge in [0.2, 0.25) is 12.5 Å². The number of ether oxygens (including phenoxy) is 3. The number of esters is 3. The number of amides is 1. The van der Waals surface area contributed by atoms with Crippen LogP contribution in [0.4, 0.5) is 0 Å². The zero-order valence-corrected chi connectivity index (χ0v) is 52.5. The van der Waals surface area contributed by atoms with Gasteiger partial charge in [-0.05, 0) is 185 Å². The molecule has 1 saturated heterocycles. The van der Waals surface area contributed by atoms with Crippen LogP contribution < -0.4 is 16.8 Å². The van der Waals surface area contributed by atoms with Gasteiger partial charge in [-0.3, -0.25) is 34.1 Å². The molecule has 0 aromatic rings. The third-order valence-electron chi connectivity index (χ3n) is 19.4. The first-order valence-electron chi connectivity index (χ1n) is 30.0. The number of rotatable bonds is 14. The Hall–Kier alpha value is -3.63. The number of carbonyl (C=O) groups excluding carboxylic acids is 5. The van der Waals surface area contributed by atoms with Gasteiger partial charge in [-0.25, -0.2) is 4.79 Å². The molecule has 7 aliphatic rings. The van der Waals surface area contributed by atoms with Crippen molar-refractivity contribution in [1.82, 2.24) is 5.32 Å². The van der Waals surface area contributed by atoms with Crippen molar-refractivity contribution < 1.29 is 53.0 Å². The molecule has 7 fully saturated rings. The summed E-state index contributed by atoms with van der Waals surface area (Å²) in [7, 11) is 0. The third kappa shape index (κ3) is 24.4. The number of aliphatic carboxylic acids is 1. The highest BCUT2D eigenvalue weighted by molar-refractivity contribution is 5.85. The molecule has 6 aliphatic carbocycles. The van der Waals surface area contributed by atoms with E-state index in [1.807, 2.05) is 13.8 Å². The highest BCUT2D eigenvalue weighted by atomic mass is 35.5. The summed E-state index contributed by atoms with van der Waals surface area (Å²) in [4.78, 5) is 77.1. The second kappa shape index (κ2) is 34.1. The molecule has 7 rings (SSSR count). The zero-order chi connectivity index (χ0) is 59.3. The van der Waals surface area contributed by atoms with Gasteiger partial charge in [-0.1, -0.05) is 88.7 Å². The predicted octanol–water partition coefficient (Wildman–Crippen LogP) is 11.8. The smallest absolute Gasteiger partial charge is 0.330 e. The van der Waals surface area contributed by atoms with E-state index >= 15 is 0 Å². The number of nitro groups is 1. The number of Topliss-reactive ketones (excluding diaryl/α,β-unsaturated/α-hetero) is 1. The lowest BCUT2D eigenvalue weighted by atomic mass is 9.81. The quantitative estimate of drug-likeness (QED) is 0.0415. The van der Waals surface area contributed by atoms with Crippen LogP contribution in [0.25, 0.3) is 0 Å². The van der Waals surface area contributed by atoms with Crippen molar-refractivity contribution >= 4 is 48.0 Å². The van der Waals surface area contributed by atoms with Gasteiger partial charge in [0, 0.05) is 42.2 Å². The third-order valence-corrected chi connectivity index (χ3v) is 19.4. The Morgan fingerprint density at radius 3 is 1.22 bits per heavy atom. The van der Waals surface area contributed by atoms with Gasteiger partial charge >= 0.3 is 23.9 Å². The first-order valence-corrected chi connectivity index (χ1v) is 30.0. The number of nitrogens with two attached hydrogens (primary N) is 2. The standard InChI is InChI=1S/C12H21NO4.C12H23NO2.C11H18O2.C10H19NO2.C10H17NO.C7H12O.ClH/c1-4-17-11(14)7-12(8-13(15)16)5-9(2)10(3)6-12;1-4-15-11(14)7-12(8-13)5-9(2)10(3)6-12;1-4-13-11(12)7-10-5-8(2)9(3)6-10;1-7-3-10(6-11,4-8(7)2)5-9(12)13;1-7-3-10(4-8(7)2)5-9(12)11-6-10;1-5-3-7(8)4-6(5)2;/h9-10H,4-8H2,1-3H3;9-10H,4-8,13H2,1-3H3;7-9H,4-6H2,1-3H3;7-8H,3-6,11H2,1-2H3,(H,12,13);7-8H,3-6H2,1-2H3,(H,11,12);5-6H,3-4H2,1-2H3;1H/t2*9-,10-;8-,9-;2*7-,8-;5-,6-;/m000000./s1. The number of nitrogens with zero attached hydrogens (tertiary/aromatic N) is 1. The molecule has 17 heteroatoms. The number of ketones is 1. The Morgan fingerprint density at radius 2 is 0.911 bits per heavy atom. The van der Waals surface area contributed by atoms with Gasteiger partial charge in [0.15, 0.2) is 0 Å². The molecule has 0 aromatic carbocycles. The monoisotopic (exact) mass is 1140 g/mol. The summed E-state index contributed by atoms with van der Waals surface area (Å²) in [6.45, 7) is 35.0. The van der Waals surface area contributed by atoms with Crippen molar-refractivity contribution in [3.63, 3.8) is 0 Å². The van der Waals surface area contributed by atoms with E-state index in [1.54, 1.807) is 13.0 Å². The second-order valence-electron chi connectivity index (χ2n) is 26.7. The number of carboxylic acids is 1. The summed E-state index contributed by atoms with van der Waals surface area (Å²) in [5, 5.41) is 22.5. The normalized spacial score (nSPS) is 30.9. The maximum atomic E-state index is 11.6. The van der Waals surface area contributed by atoms with Crippen LogP contribution in [0.3, 0.4) is 0 Å². The van der Waals surface area contributed by atoms with E-state index in [0.717, 1.165) is 89.0 Å². The molecular weight excluding hydrogens is 1030 g/mol. The van der Waals surface area contributed by atoms with E-state index in [0.29, 0.717) is 110 Å². The Bertz CT molecular complexity index is 1920. The number of hydrogen-bond acceptors (Lipinski definition) is 13. The van der Waals surface area contributed by atoms with Crippen LogP contribution in [-0.4, -0.2) is 91.6 Å². The van der Waals surface area contributed by atoms with Gasteiger partial charge in [-0.2, -0.15) is 0 Å². The van der Waals surface area contributed by atoms with Crippen LogP contribution in [0.15, 0.2) is 11.6 Å². The van der Waals surface area contributed by atoms with Crippen molar-refractivity contribution in [2.45, 2.75) is 207 Å². The van der Waals surface area contributed by atoms with Crippen LogP contribution >= 0.6 is 12.4 Å². The minimum Gasteiger partial charge on any atom is -0.481 e. The maximum absolute atomic E-state index is 11.6. The molecule has 6 N–H and O–H groups in total. The summed E-state index contributed by atoms with van der Waals surface area (Å²) in [5.74, 6) is 7.15. The average molecular weight is 1140 g/mol. The fourth-order valence-corrected chi connectivity index (χ4v) is 14.2. The fourth-order valence-electron chi connectivity index (χ4n) is 14.2. The first-order chi connectivity index (χ1) is 36.3.